The molecule has 1 aliphatic heterocycles. The van der Waals surface area contributed by atoms with Crippen LogP contribution in [0.3, 0.4) is 0 Å². The first kappa shape index (κ1) is 26.2. The van der Waals surface area contributed by atoms with Crippen LogP contribution in [0, 0.1) is 0 Å². The summed E-state index contributed by atoms with van der Waals surface area (Å²) in [6, 6.07) is 10.0. The minimum atomic E-state index is -0.766. The van der Waals surface area contributed by atoms with Crippen LogP contribution in [-0.2, 0) is 9.53 Å². The van der Waals surface area contributed by atoms with Gasteiger partial charge in [-0.3, -0.25) is 9.36 Å². The summed E-state index contributed by atoms with van der Waals surface area (Å²) < 4.78 is 19.1. The summed E-state index contributed by atoms with van der Waals surface area (Å²) in [6.07, 6.45) is 1.77. The van der Waals surface area contributed by atoms with E-state index in [1.807, 2.05) is 25.1 Å². The lowest BCUT2D eigenvalue weighted by Crippen LogP contribution is -2.40. The molecule has 0 unspecified atom stereocenters. The molecule has 0 amide bonds. The van der Waals surface area contributed by atoms with Gasteiger partial charge in [0.25, 0.3) is 5.56 Å². The summed E-state index contributed by atoms with van der Waals surface area (Å²) in [5.74, 6) is 0.602. The number of halogens is 2. The third kappa shape index (κ3) is 4.87. The third-order valence-corrected chi connectivity index (χ3v) is 7.47. The Labute approximate surface area is 225 Å². The first-order chi connectivity index (χ1) is 17.3. The van der Waals surface area contributed by atoms with E-state index in [0.29, 0.717) is 48.2 Å². The van der Waals surface area contributed by atoms with Crippen molar-refractivity contribution in [1.82, 2.24) is 4.57 Å². The zero-order chi connectivity index (χ0) is 26.0. The molecule has 0 radical (unpaired) electrons. The van der Waals surface area contributed by atoms with E-state index in [-0.39, 0.29) is 17.7 Å². The fraction of sp³-hybridized carbons (Fsp3) is 0.269. The maximum absolute atomic E-state index is 13.8. The number of ether oxygens (including phenoxy) is 3. The molecule has 7 nitrogen and oxygen atoms in total. The zero-order valence-corrected chi connectivity index (χ0v) is 23.3. The number of methoxy groups -OCH3 is 1. The second kappa shape index (κ2) is 11.0. The van der Waals surface area contributed by atoms with Crippen LogP contribution in [0.2, 0.25) is 5.02 Å². The molecule has 0 saturated heterocycles. The maximum atomic E-state index is 13.8. The molecule has 0 fully saturated rings. The number of esters is 1. The van der Waals surface area contributed by atoms with Crippen LogP contribution in [0.4, 0.5) is 0 Å². The van der Waals surface area contributed by atoms with Crippen molar-refractivity contribution in [1.29, 1.82) is 0 Å². The largest absolute Gasteiger partial charge is 0.492 e. The standard InChI is InChI=1S/C26H24BrClN2O5S/c1-5-34-19-12-15(11-17(27)23(19)33-4)13-20-24(31)30-22(16-9-7-8-10-18(16)28)21(25(32)35-6-2)14(3)29-26(30)36-20/h7-13,22H,5-6H2,1-4H3/b20-13-/t22-/m0/s1. The molecule has 1 atom stereocenters. The van der Waals surface area contributed by atoms with Crippen molar-refractivity contribution in [2.75, 3.05) is 20.3 Å². The Morgan fingerprint density at radius 2 is 2.00 bits per heavy atom. The number of aromatic nitrogens is 1. The number of hydrogen-bond acceptors (Lipinski definition) is 7. The van der Waals surface area contributed by atoms with E-state index in [1.54, 1.807) is 45.2 Å². The molecule has 10 heteroatoms. The van der Waals surface area contributed by atoms with Crippen molar-refractivity contribution in [3.8, 4) is 11.5 Å². The van der Waals surface area contributed by atoms with Gasteiger partial charge < -0.3 is 14.2 Å². The number of rotatable bonds is 7. The Kier molecular flexibility index (Phi) is 8.02. The van der Waals surface area contributed by atoms with E-state index in [1.165, 1.54) is 15.9 Å². The molecule has 188 valence electrons. The number of nitrogens with zero attached hydrogens (tertiary/aromatic N) is 2. The quantitative estimate of drug-likeness (QED) is 0.375. The van der Waals surface area contributed by atoms with Crippen molar-refractivity contribution >= 4 is 50.9 Å². The van der Waals surface area contributed by atoms with Gasteiger partial charge >= 0.3 is 5.97 Å². The summed E-state index contributed by atoms with van der Waals surface area (Å²) in [6.45, 7) is 6.02. The average molecular weight is 592 g/mol. The van der Waals surface area contributed by atoms with Crippen molar-refractivity contribution in [2.45, 2.75) is 26.8 Å². The number of hydrogen-bond donors (Lipinski definition) is 0. The fourth-order valence-corrected chi connectivity index (χ4v) is 5.97. The summed E-state index contributed by atoms with van der Waals surface area (Å²) in [5.41, 5.74) is 1.84. The van der Waals surface area contributed by atoms with Crippen molar-refractivity contribution in [3.05, 3.63) is 88.0 Å². The number of carbonyl (C=O) groups excluding carboxylic acids is 1. The summed E-state index contributed by atoms with van der Waals surface area (Å²) in [5, 5.41) is 0.439. The van der Waals surface area contributed by atoms with Gasteiger partial charge in [-0.15, -0.1) is 0 Å². The Balaban J connectivity index is 1.95. The molecule has 0 aliphatic carbocycles. The van der Waals surface area contributed by atoms with E-state index in [4.69, 9.17) is 25.8 Å². The number of benzene rings is 2. The average Bonchev–Trinajstić information content (AvgIpc) is 3.13. The number of allylic oxidation sites excluding steroid dienone is 1. The van der Waals surface area contributed by atoms with E-state index < -0.39 is 12.0 Å². The normalized spacial score (nSPS) is 15.4. The van der Waals surface area contributed by atoms with Gasteiger partial charge in [0.1, 0.15) is 6.04 Å². The molecule has 2 heterocycles. The highest BCUT2D eigenvalue weighted by molar-refractivity contribution is 9.10. The molecule has 36 heavy (non-hydrogen) atoms. The third-order valence-electron chi connectivity index (χ3n) is 5.55. The minimum absolute atomic E-state index is 0.198. The molecule has 0 bridgehead atoms. The molecule has 4 rings (SSSR count). The molecular formula is C26H24BrClN2O5S. The van der Waals surface area contributed by atoms with Crippen LogP contribution in [0.15, 0.2) is 61.9 Å². The predicted molar refractivity (Wildman–Crippen MR) is 144 cm³/mol. The van der Waals surface area contributed by atoms with Gasteiger partial charge in [0, 0.05) is 5.02 Å². The lowest BCUT2D eigenvalue weighted by Gasteiger charge is -2.25. The maximum Gasteiger partial charge on any atom is 0.338 e. The van der Waals surface area contributed by atoms with E-state index in [0.717, 1.165) is 5.56 Å². The second-order valence-corrected chi connectivity index (χ2v) is 10.1. The topological polar surface area (TPSA) is 79.1 Å². The van der Waals surface area contributed by atoms with Gasteiger partial charge in [-0.05, 0) is 72.1 Å². The Bertz CT molecular complexity index is 1540. The van der Waals surface area contributed by atoms with Gasteiger partial charge in [0.05, 0.1) is 40.6 Å². The first-order valence-corrected chi connectivity index (χ1v) is 13.2. The van der Waals surface area contributed by atoms with Crippen molar-refractivity contribution in [2.24, 2.45) is 4.99 Å². The lowest BCUT2D eigenvalue weighted by atomic mass is 9.96. The van der Waals surface area contributed by atoms with Crippen LogP contribution < -0.4 is 24.4 Å². The minimum Gasteiger partial charge on any atom is -0.492 e. The van der Waals surface area contributed by atoms with Gasteiger partial charge in [-0.25, -0.2) is 9.79 Å². The molecule has 1 aromatic heterocycles. The molecule has 0 spiro atoms. The summed E-state index contributed by atoms with van der Waals surface area (Å²) in [4.78, 5) is 31.8. The highest BCUT2D eigenvalue weighted by atomic mass is 79.9. The van der Waals surface area contributed by atoms with E-state index >= 15 is 0 Å². The van der Waals surface area contributed by atoms with Gasteiger partial charge in [0.2, 0.25) is 0 Å². The number of thiazole rings is 1. The van der Waals surface area contributed by atoms with Gasteiger partial charge in [-0.2, -0.15) is 0 Å². The van der Waals surface area contributed by atoms with Gasteiger partial charge in [-0.1, -0.05) is 41.1 Å². The SMILES string of the molecule is CCOC(=O)C1=C(C)N=c2s/c(=C\c3cc(Br)c(OC)c(OCC)c3)c(=O)n2[C@H]1c1ccccc1Cl. The van der Waals surface area contributed by atoms with Gasteiger partial charge in [0.15, 0.2) is 16.3 Å². The highest BCUT2D eigenvalue weighted by Gasteiger charge is 2.34. The lowest BCUT2D eigenvalue weighted by molar-refractivity contribution is -0.139. The molecular weight excluding hydrogens is 568 g/mol. The van der Waals surface area contributed by atoms with Crippen LogP contribution in [-0.4, -0.2) is 30.9 Å². The second-order valence-electron chi connectivity index (χ2n) is 7.79. The molecule has 0 saturated carbocycles. The fourth-order valence-electron chi connectivity index (χ4n) is 4.07. The van der Waals surface area contributed by atoms with Crippen molar-refractivity contribution in [3.63, 3.8) is 0 Å². The summed E-state index contributed by atoms with van der Waals surface area (Å²) in [7, 11) is 1.57. The monoisotopic (exact) mass is 590 g/mol. The highest BCUT2D eigenvalue weighted by Crippen LogP contribution is 2.37. The molecule has 0 N–H and O–H groups in total. The van der Waals surface area contributed by atoms with Crippen LogP contribution in [0.1, 0.15) is 37.9 Å². The smallest absolute Gasteiger partial charge is 0.338 e. The Morgan fingerprint density at radius 1 is 1.25 bits per heavy atom. The Hall–Kier alpha value is -2.88. The molecule has 1 aliphatic rings. The van der Waals surface area contributed by atoms with E-state index in [9.17, 15) is 9.59 Å². The number of fused-ring (bicyclic) bond motifs is 1. The number of carbonyl (C=O) groups is 1. The first-order valence-electron chi connectivity index (χ1n) is 11.2. The Morgan fingerprint density at radius 3 is 2.67 bits per heavy atom. The van der Waals surface area contributed by atoms with Crippen LogP contribution in [0.5, 0.6) is 11.5 Å². The molecule has 3 aromatic rings. The summed E-state index contributed by atoms with van der Waals surface area (Å²) >= 11 is 11.3. The van der Waals surface area contributed by atoms with Crippen LogP contribution >= 0.6 is 38.9 Å². The molecule has 2 aromatic carbocycles. The van der Waals surface area contributed by atoms with E-state index in [2.05, 4.69) is 20.9 Å². The predicted octanol–water partition coefficient (Wildman–Crippen LogP) is 4.62. The zero-order valence-electron chi connectivity index (χ0n) is 20.1. The van der Waals surface area contributed by atoms with Crippen molar-refractivity contribution < 1.29 is 19.0 Å². The van der Waals surface area contributed by atoms with Crippen LogP contribution in [0.25, 0.3) is 6.08 Å².